The lowest BCUT2D eigenvalue weighted by Gasteiger charge is -2.30. The second kappa shape index (κ2) is 17.1. The number of methoxy groups -OCH3 is 1. The Balaban J connectivity index is 1.48. The summed E-state index contributed by atoms with van der Waals surface area (Å²) >= 11 is 0. The van der Waals surface area contributed by atoms with Crippen molar-refractivity contribution in [2.75, 3.05) is 38.3 Å². The van der Waals surface area contributed by atoms with E-state index in [1.54, 1.807) is 13.2 Å². The summed E-state index contributed by atoms with van der Waals surface area (Å²) in [6.45, 7) is 15.5. The zero-order valence-corrected chi connectivity index (χ0v) is 33.8. The number of carbonyl (C=O) groups excluding carboxylic acids is 3. The van der Waals surface area contributed by atoms with Crippen LogP contribution in [0.5, 0.6) is 0 Å². The molecule has 1 saturated heterocycles. The van der Waals surface area contributed by atoms with Crippen LogP contribution in [0.4, 0.5) is 5.69 Å². The highest BCUT2D eigenvalue weighted by Gasteiger charge is 2.43. The van der Waals surface area contributed by atoms with Gasteiger partial charge in [-0.25, -0.2) is 17.8 Å². The van der Waals surface area contributed by atoms with Crippen LogP contribution in [0.3, 0.4) is 0 Å². The Bertz CT molecular complexity index is 2120. The number of hydrogen-bond donors (Lipinski definition) is 0. The van der Waals surface area contributed by atoms with Crippen molar-refractivity contribution in [1.82, 2.24) is 9.64 Å². The Morgan fingerprint density at radius 3 is 2.36 bits per heavy atom. The second-order valence-corrected chi connectivity index (χ2v) is 16.7. The zero-order chi connectivity index (χ0) is 40.1. The number of amides is 2. The zero-order valence-electron chi connectivity index (χ0n) is 33.0. The van der Waals surface area contributed by atoms with Crippen LogP contribution >= 0.6 is 0 Å². The molecule has 1 aromatic carbocycles. The van der Waals surface area contributed by atoms with E-state index in [1.807, 2.05) is 25.2 Å². The maximum atomic E-state index is 12.4. The molecule has 1 fully saturated rings. The first-order valence-corrected chi connectivity index (χ1v) is 20.4. The third-order valence-corrected chi connectivity index (χ3v) is 11.3. The summed E-state index contributed by atoms with van der Waals surface area (Å²) in [5.74, 6) is -0.208. The van der Waals surface area contributed by atoms with E-state index in [9.17, 15) is 27.4 Å². The highest BCUT2D eigenvalue weighted by Crippen LogP contribution is 2.51. The monoisotopic (exact) mass is 775 g/mol. The van der Waals surface area contributed by atoms with Crippen molar-refractivity contribution in [3.05, 3.63) is 82.6 Å². The van der Waals surface area contributed by atoms with Crippen molar-refractivity contribution < 1.29 is 41.3 Å². The molecule has 1 aromatic rings. The molecule has 13 heteroatoms. The molecule has 4 aliphatic rings. The van der Waals surface area contributed by atoms with Crippen molar-refractivity contribution in [3.8, 4) is 11.3 Å². The first-order chi connectivity index (χ1) is 26.0. The molecule has 0 N–H and O–H groups in total. The van der Waals surface area contributed by atoms with Gasteiger partial charge in [-0.05, 0) is 99.1 Å². The Morgan fingerprint density at radius 1 is 1.02 bits per heavy atom. The number of imide groups is 1. The van der Waals surface area contributed by atoms with Gasteiger partial charge in [-0.2, -0.15) is 0 Å². The first kappa shape index (κ1) is 41.6. The van der Waals surface area contributed by atoms with Crippen molar-refractivity contribution in [2.45, 2.75) is 102 Å². The summed E-state index contributed by atoms with van der Waals surface area (Å²) < 4.78 is 50.8. The van der Waals surface area contributed by atoms with Crippen molar-refractivity contribution in [3.63, 3.8) is 0 Å². The summed E-state index contributed by atoms with van der Waals surface area (Å²) in [5.41, 5.74) is 3.71. The van der Waals surface area contributed by atoms with Crippen molar-refractivity contribution in [2.24, 2.45) is 0 Å². The van der Waals surface area contributed by atoms with E-state index in [-0.39, 0.29) is 29.6 Å². The number of hydrogen-bond acceptors (Lipinski definition) is 10. The number of rotatable bonds is 15. The summed E-state index contributed by atoms with van der Waals surface area (Å²) in [4.78, 5) is 42.9. The maximum Gasteiger partial charge on any atom is 0.333 e. The van der Waals surface area contributed by atoms with Crippen LogP contribution in [0.15, 0.2) is 69.6 Å². The number of benzene rings is 2. The molecular weight excluding hydrogens is 723 g/mol. The summed E-state index contributed by atoms with van der Waals surface area (Å²) in [6, 6.07) is 12.9. The number of nitrogens with zero attached hydrogens (tertiary/aromatic N) is 3. The van der Waals surface area contributed by atoms with Gasteiger partial charge in [0.05, 0.1) is 11.0 Å². The van der Waals surface area contributed by atoms with Crippen molar-refractivity contribution in [1.29, 1.82) is 0 Å². The van der Waals surface area contributed by atoms with Crippen LogP contribution < -0.4 is 14.8 Å². The highest BCUT2D eigenvalue weighted by molar-refractivity contribution is 7.85. The molecular formula is C42H53N3O9S. The van der Waals surface area contributed by atoms with Gasteiger partial charge < -0.3 is 23.4 Å². The fraction of sp³-hybridized carbons (Fsp3) is 0.476. The van der Waals surface area contributed by atoms with Crippen LogP contribution in [-0.2, 0) is 44.9 Å². The molecule has 0 radical (unpaired) electrons. The van der Waals surface area contributed by atoms with E-state index in [0.29, 0.717) is 55.2 Å². The van der Waals surface area contributed by atoms with Gasteiger partial charge in [-0.15, -0.1) is 5.06 Å². The molecule has 3 heterocycles. The summed E-state index contributed by atoms with van der Waals surface area (Å²) in [7, 11) is -3.11. The van der Waals surface area contributed by atoms with Crippen molar-refractivity contribution >= 4 is 39.7 Å². The molecule has 3 aliphatic heterocycles. The summed E-state index contributed by atoms with van der Waals surface area (Å²) in [6.07, 6.45) is 8.25. The standard InChI is InChI=1S/C42H53N3O9S/c1-8-43(9-2)29-17-19-32-33(41(3,4)5)27-30(53-36(32)26-29)14-13-15-37-42(6,23-25-52-7)34-28-31(55(49,50)51)18-20-35(34)44(37)24-12-10-11-16-40(48)54-45-38(46)21-22-39(45)47/h13-15,17-20,26-28H,8-12,16,21-25H2,1-7H3. The van der Waals surface area contributed by atoms with Crippen LogP contribution in [0, 0.1) is 0 Å². The maximum absolute atomic E-state index is 12.4. The minimum absolute atomic E-state index is 0.0345. The number of anilines is 1. The normalized spacial score (nSPS) is 18.3. The number of fused-ring (bicyclic) bond motifs is 2. The number of ether oxygens (including phenoxy) is 1. The third kappa shape index (κ3) is 9.28. The minimum Gasteiger partial charge on any atom is -0.744 e. The van der Waals surface area contributed by atoms with Crippen LogP contribution in [0.25, 0.3) is 17.4 Å². The van der Waals surface area contributed by atoms with E-state index in [2.05, 4.69) is 68.4 Å². The molecule has 296 valence electrons. The van der Waals surface area contributed by atoms with E-state index in [0.717, 1.165) is 46.7 Å². The average Bonchev–Trinajstić information content (AvgIpc) is 3.57. The van der Waals surface area contributed by atoms with Gasteiger partial charge >= 0.3 is 5.97 Å². The van der Waals surface area contributed by atoms with Gasteiger partial charge in [-0.1, -0.05) is 33.3 Å². The van der Waals surface area contributed by atoms with E-state index in [4.69, 9.17) is 14.0 Å². The summed E-state index contributed by atoms with van der Waals surface area (Å²) in [5, 5.41) is 1.65. The molecule has 2 amide bonds. The first-order valence-electron chi connectivity index (χ1n) is 19.0. The Morgan fingerprint density at radius 2 is 1.73 bits per heavy atom. The SMILES string of the molecule is CC[N+](CC)=c1ccc2c(C(C)(C)C)cc(/C=C/C=C3/N(CCCCCC(=O)ON4C(=O)CCC4=O)c4ccc(S(=O)(=O)[O-])cc4C3(C)CCOC)oc-2c1. The van der Waals surface area contributed by atoms with E-state index < -0.39 is 33.3 Å². The molecule has 1 unspecified atom stereocenters. The molecule has 12 nitrogen and oxygen atoms in total. The lowest BCUT2D eigenvalue weighted by Crippen LogP contribution is -2.32. The quantitative estimate of drug-likeness (QED) is 0.0748. The Kier molecular flexibility index (Phi) is 12.9. The molecule has 1 aliphatic carbocycles. The van der Waals surface area contributed by atoms with E-state index in [1.165, 1.54) is 12.1 Å². The minimum atomic E-state index is -4.72. The van der Waals surface area contributed by atoms with Crippen LogP contribution in [0.1, 0.15) is 103 Å². The van der Waals surface area contributed by atoms with E-state index >= 15 is 0 Å². The Hall–Kier alpha value is -4.59. The predicted molar refractivity (Wildman–Crippen MR) is 209 cm³/mol. The fourth-order valence-corrected chi connectivity index (χ4v) is 7.93. The van der Waals surface area contributed by atoms with Gasteiger partial charge in [0, 0.05) is 68.0 Å². The predicted octanol–water partition coefficient (Wildman–Crippen LogP) is 6.28. The van der Waals surface area contributed by atoms with Gasteiger partial charge in [0.1, 0.15) is 34.7 Å². The lowest BCUT2D eigenvalue weighted by atomic mass is 9.78. The number of unbranched alkanes of at least 4 members (excludes halogenated alkanes) is 2. The molecule has 5 rings (SSSR count). The number of allylic oxidation sites excluding steroid dienone is 3. The smallest absolute Gasteiger partial charge is 0.333 e. The molecule has 55 heavy (non-hydrogen) atoms. The fourth-order valence-electron chi connectivity index (χ4n) is 7.44. The molecule has 0 spiro atoms. The highest BCUT2D eigenvalue weighted by atomic mass is 32.2. The molecule has 1 atom stereocenters. The lowest BCUT2D eigenvalue weighted by molar-refractivity contribution is -0.197. The average molecular weight is 776 g/mol. The van der Waals surface area contributed by atoms with Crippen LogP contribution in [-0.4, -0.2) is 69.2 Å². The molecule has 0 saturated carbocycles. The molecule has 0 aromatic heterocycles. The second-order valence-electron chi connectivity index (χ2n) is 15.3. The third-order valence-electron chi connectivity index (χ3n) is 10.5. The van der Waals surface area contributed by atoms with Crippen LogP contribution in [0.2, 0.25) is 0 Å². The number of carbonyl (C=O) groups is 3. The topological polar surface area (TPSA) is 150 Å². The number of hydroxylamine groups is 2. The molecule has 0 bridgehead atoms. The van der Waals surface area contributed by atoms with Gasteiger partial charge in [0.25, 0.3) is 11.8 Å². The van der Waals surface area contributed by atoms with Gasteiger partial charge in [0.15, 0.2) is 0 Å². The Labute approximate surface area is 324 Å². The van der Waals surface area contributed by atoms with Gasteiger partial charge in [-0.3, -0.25) is 9.59 Å². The van der Waals surface area contributed by atoms with Gasteiger partial charge in [0.2, 0.25) is 5.36 Å². The largest absolute Gasteiger partial charge is 0.744 e.